The molecule has 0 saturated carbocycles. The lowest BCUT2D eigenvalue weighted by Gasteiger charge is -2.14. The van der Waals surface area contributed by atoms with Crippen molar-refractivity contribution in [3.05, 3.63) is 168 Å². The van der Waals surface area contributed by atoms with E-state index < -0.39 is 0 Å². The fourth-order valence-electron chi connectivity index (χ4n) is 6.13. The second-order valence-electron chi connectivity index (χ2n) is 10.5. The summed E-state index contributed by atoms with van der Waals surface area (Å²) in [7, 11) is 0. The minimum atomic E-state index is -0.0210. The molecule has 0 amide bonds. The molecule has 0 aliphatic heterocycles. The van der Waals surface area contributed by atoms with Gasteiger partial charge in [0.25, 0.3) is 0 Å². The lowest BCUT2D eigenvalue weighted by Crippen LogP contribution is -2.10. The maximum Gasteiger partial charge on any atom is 0.193 e. The van der Waals surface area contributed by atoms with Gasteiger partial charge in [-0.05, 0) is 24.3 Å². The Bertz CT molecular complexity index is 2160. The number of para-hydroxylation sites is 2. The molecule has 2 heterocycles. The van der Waals surface area contributed by atoms with E-state index in [1.54, 1.807) is 0 Å². The van der Waals surface area contributed by atoms with Gasteiger partial charge in [0.05, 0.1) is 22.1 Å². The molecule has 4 nitrogen and oxygen atoms in total. The summed E-state index contributed by atoms with van der Waals surface area (Å²) in [5, 5.41) is 4.29. The van der Waals surface area contributed by atoms with E-state index in [1.165, 1.54) is 0 Å². The molecule has 0 fully saturated rings. The molecule has 0 N–H and O–H groups in total. The van der Waals surface area contributed by atoms with Crippen LogP contribution in [0.15, 0.2) is 146 Å². The van der Waals surface area contributed by atoms with Crippen LogP contribution in [0.25, 0.3) is 43.6 Å². The first kappa shape index (κ1) is 24.1. The van der Waals surface area contributed by atoms with Crippen LogP contribution in [-0.4, -0.2) is 20.9 Å². The number of nitrogens with zero attached hydrogens (tertiary/aromatic N) is 2. The Morgan fingerprint density at radius 1 is 0.333 bits per heavy atom. The molecule has 0 saturated heterocycles. The van der Waals surface area contributed by atoms with Crippen LogP contribution in [0, 0.1) is 0 Å². The summed E-state index contributed by atoms with van der Waals surface area (Å²) in [4.78, 5) is 27.1. The molecule has 4 heteroatoms. The molecule has 0 aliphatic carbocycles. The van der Waals surface area contributed by atoms with Crippen LogP contribution in [0.5, 0.6) is 0 Å². The number of rotatable bonds is 5. The van der Waals surface area contributed by atoms with E-state index in [2.05, 4.69) is 33.6 Å². The van der Waals surface area contributed by atoms with Crippen LogP contribution in [0.1, 0.15) is 31.8 Å². The highest BCUT2D eigenvalue weighted by Crippen LogP contribution is 2.36. The standard InChI is InChI=1S/C38H24N2O2/c41-37(25-11-3-1-4-12-25)27-19-21-31-29-15-7-9-17-33(29)39(35(31)23-27)40-34-18-10-8-16-30(34)32-22-20-28(24-36(32)40)38(42)26-13-5-2-6-14-26/h1-24H. The summed E-state index contributed by atoms with van der Waals surface area (Å²) >= 11 is 0. The summed E-state index contributed by atoms with van der Waals surface area (Å²) < 4.78 is 4.38. The van der Waals surface area contributed by atoms with Crippen LogP contribution in [0.2, 0.25) is 0 Å². The normalized spacial score (nSPS) is 11.5. The molecule has 0 atom stereocenters. The van der Waals surface area contributed by atoms with Gasteiger partial charge < -0.3 is 0 Å². The molecule has 2 aromatic heterocycles. The van der Waals surface area contributed by atoms with Crippen molar-refractivity contribution in [2.75, 3.05) is 0 Å². The molecule has 0 spiro atoms. The van der Waals surface area contributed by atoms with Crippen molar-refractivity contribution in [2.45, 2.75) is 0 Å². The topological polar surface area (TPSA) is 44.0 Å². The van der Waals surface area contributed by atoms with Crippen LogP contribution >= 0.6 is 0 Å². The summed E-state index contributed by atoms with van der Waals surface area (Å²) in [6, 6.07) is 47.2. The summed E-state index contributed by atoms with van der Waals surface area (Å²) in [5.41, 5.74) is 6.41. The van der Waals surface area contributed by atoms with E-state index in [0.29, 0.717) is 22.3 Å². The lowest BCUT2D eigenvalue weighted by atomic mass is 10.0. The average molecular weight is 541 g/mol. The SMILES string of the molecule is O=C(c1ccccc1)c1ccc2c3ccccc3n(-n3c4ccccc4c4ccc(C(=O)c5ccccc5)cc43)c2c1. The number of aromatic nitrogens is 2. The zero-order valence-electron chi connectivity index (χ0n) is 22.6. The highest BCUT2D eigenvalue weighted by molar-refractivity contribution is 6.16. The van der Waals surface area contributed by atoms with E-state index in [0.717, 1.165) is 43.6 Å². The first-order valence-electron chi connectivity index (χ1n) is 14.0. The third-order valence-corrected chi connectivity index (χ3v) is 8.09. The number of hydrogen-bond donors (Lipinski definition) is 0. The number of fused-ring (bicyclic) bond motifs is 6. The molecule has 6 aromatic carbocycles. The lowest BCUT2D eigenvalue weighted by molar-refractivity contribution is 0.103. The molecule has 0 radical (unpaired) electrons. The van der Waals surface area contributed by atoms with Gasteiger partial charge in [-0.15, -0.1) is 0 Å². The molecule has 0 unspecified atom stereocenters. The Morgan fingerprint density at radius 2 is 0.690 bits per heavy atom. The fourth-order valence-corrected chi connectivity index (χ4v) is 6.13. The van der Waals surface area contributed by atoms with Gasteiger partial charge in [-0.3, -0.25) is 9.59 Å². The van der Waals surface area contributed by atoms with Gasteiger partial charge in [-0.25, -0.2) is 9.35 Å². The Labute approximate surface area is 241 Å². The monoisotopic (exact) mass is 540 g/mol. The zero-order valence-corrected chi connectivity index (χ0v) is 22.6. The van der Waals surface area contributed by atoms with E-state index >= 15 is 0 Å². The summed E-state index contributed by atoms with van der Waals surface area (Å²) in [5.74, 6) is -0.0421. The van der Waals surface area contributed by atoms with Crippen LogP contribution in [0.4, 0.5) is 0 Å². The quantitative estimate of drug-likeness (QED) is 0.205. The molecule has 0 bridgehead atoms. The van der Waals surface area contributed by atoms with Crippen molar-refractivity contribution in [3.63, 3.8) is 0 Å². The van der Waals surface area contributed by atoms with Crippen molar-refractivity contribution in [1.29, 1.82) is 0 Å². The number of ketones is 2. The van der Waals surface area contributed by atoms with Crippen LogP contribution in [-0.2, 0) is 0 Å². The van der Waals surface area contributed by atoms with Gasteiger partial charge in [-0.2, -0.15) is 0 Å². The van der Waals surface area contributed by atoms with Gasteiger partial charge >= 0.3 is 0 Å². The number of carbonyl (C=O) groups excluding carboxylic acids is 2. The summed E-state index contributed by atoms with van der Waals surface area (Å²) in [6.07, 6.45) is 0. The van der Waals surface area contributed by atoms with Gasteiger partial charge in [0.2, 0.25) is 0 Å². The van der Waals surface area contributed by atoms with Gasteiger partial charge in [0.1, 0.15) is 0 Å². The van der Waals surface area contributed by atoms with E-state index in [1.807, 2.05) is 121 Å². The predicted octanol–water partition coefficient (Wildman–Crippen LogP) is 8.68. The third-order valence-electron chi connectivity index (χ3n) is 8.09. The molecular weight excluding hydrogens is 516 g/mol. The minimum Gasteiger partial charge on any atom is -0.289 e. The molecule has 8 rings (SSSR count). The largest absolute Gasteiger partial charge is 0.289 e. The van der Waals surface area contributed by atoms with Crippen molar-refractivity contribution in [3.8, 4) is 0 Å². The van der Waals surface area contributed by atoms with Crippen LogP contribution in [0.3, 0.4) is 0 Å². The third kappa shape index (κ3) is 3.62. The molecular formula is C38H24N2O2. The predicted molar refractivity (Wildman–Crippen MR) is 169 cm³/mol. The van der Waals surface area contributed by atoms with Gasteiger partial charge in [-0.1, -0.05) is 121 Å². The van der Waals surface area contributed by atoms with Crippen molar-refractivity contribution < 1.29 is 9.59 Å². The Morgan fingerprint density at radius 3 is 1.12 bits per heavy atom. The fraction of sp³-hybridized carbons (Fsp3) is 0. The maximum atomic E-state index is 13.5. The van der Waals surface area contributed by atoms with Gasteiger partial charge in [0, 0.05) is 43.8 Å². The van der Waals surface area contributed by atoms with E-state index in [9.17, 15) is 9.59 Å². The van der Waals surface area contributed by atoms with E-state index in [4.69, 9.17) is 0 Å². The van der Waals surface area contributed by atoms with Crippen molar-refractivity contribution in [1.82, 2.24) is 9.35 Å². The first-order valence-corrected chi connectivity index (χ1v) is 14.0. The smallest absolute Gasteiger partial charge is 0.193 e. The highest BCUT2D eigenvalue weighted by atomic mass is 16.1. The Kier molecular flexibility index (Phi) is 5.41. The zero-order chi connectivity index (χ0) is 28.2. The molecule has 42 heavy (non-hydrogen) atoms. The second-order valence-corrected chi connectivity index (χ2v) is 10.5. The molecule has 8 aromatic rings. The minimum absolute atomic E-state index is 0.0210. The van der Waals surface area contributed by atoms with Crippen molar-refractivity contribution >= 4 is 55.2 Å². The van der Waals surface area contributed by atoms with Crippen LogP contribution < -0.4 is 0 Å². The van der Waals surface area contributed by atoms with E-state index in [-0.39, 0.29) is 11.6 Å². The van der Waals surface area contributed by atoms with Crippen molar-refractivity contribution in [2.24, 2.45) is 0 Å². The number of benzene rings is 6. The maximum absolute atomic E-state index is 13.5. The molecule has 0 aliphatic rings. The average Bonchev–Trinajstić information content (AvgIpc) is 3.56. The van der Waals surface area contributed by atoms with Gasteiger partial charge in [0.15, 0.2) is 11.6 Å². The number of carbonyl (C=O) groups is 2. The first-order chi connectivity index (χ1) is 20.7. The second kappa shape index (κ2) is 9.43. The summed E-state index contributed by atoms with van der Waals surface area (Å²) in [6.45, 7) is 0. The number of hydrogen-bond acceptors (Lipinski definition) is 2. The highest BCUT2D eigenvalue weighted by Gasteiger charge is 2.20. The molecule has 198 valence electrons. The Balaban J connectivity index is 1.45. The Hall–Kier alpha value is -5.74.